The van der Waals surface area contributed by atoms with Gasteiger partial charge in [-0.2, -0.15) is 0 Å². The number of nitrogens with zero attached hydrogens (tertiary/aromatic N) is 3. The highest BCUT2D eigenvalue weighted by molar-refractivity contribution is 5.89. The maximum atomic E-state index is 11.3. The third kappa shape index (κ3) is 3.66. The maximum Gasteiger partial charge on any atom is 0.337 e. The van der Waals surface area contributed by atoms with Crippen LogP contribution in [0.2, 0.25) is 0 Å². The standard InChI is InChI=1S/C12H13N3O2/c1-9-8-11(12(16)17-2)6-5-10(9)4-3-7-14-15-13/h3-6,8H,7H2,1-2H3. The number of rotatable bonds is 4. The second-order valence-corrected chi connectivity index (χ2v) is 3.38. The molecule has 0 aromatic heterocycles. The van der Waals surface area contributed by atoms with Gasteiger partial charge in [0.25, 0.3) is 0 Å². The topological polar surface area (TPSA) is 75.1 Å². The molecule has 0 aliphatic heterocycles. The van der Waals surface area contributed by atoms with Crippen LogP contribution < -0.4 is 0 Å². The minimum atomic E-state index is -0.349. The first-order valence-electron chi connectivity index (χ1n) is 5.05. The molecule has 88 valence electrons. The van der Waals surface area contributed by atoms with Crippen molar-refractivity contribution in [2.45, 2.75) is 6.92 Å². The summed E-state index contributed by atoms with van der Waals surface area (Å²) in [6.07, 6.45) is 3.62. The van der Waals surface area contributed by atoms with Crippen molar-refractivity contribution < 1.29 is 9.53 Å². The van der Waals surface area contributed by atoms with Gasteiger partial charge in [-0.05, 0) is 35.7 Å². The number of benzene rings is 1. The molecule has 0 aliphatic rings. The van der Waals surface area contributed by atoms with Gasteiger partial charge >= 0.3 is 5.97 Å². The molecule has 5 nitrogen and oxygen atoms in total. The molecule has 0 atom stereocenters. The van der Waals surface area contributed by atoms with Gasteiger partial charge in [0.1, 0.15) is 0 Å². The molecule has 0 unspecified atom stereocenters. The van der Waals surface area contributed by atoms with E-state index in [0.717, 1.165) is 11.1 Å². The number of azide groups is 1. The summed E-state index contributed by atoms with van der Waals surface area (Å²) < 4.78 is 4.63. The average molecular weight is 231 g/mol. The fourth-order valence-electron chi connectivity index (χ4n) is 1.37. The van der Waals surface area contributed by atoms with Crippen LogP contribution in [0.25, 0.3) is 16.5 Å². The van der Waals surface area contributed by atoms with E-state index in [1.165, 1.54) is 7.11 Å². The first-order valence-corrected chi connectivity index (χ1v) is 5.05. The van der Waals surface area contributed by atoms with Gasteiger partial charge in [-0.25, -0.2) is 4.79 Å². The fourth-order valence-corrected chi connectivity index (χ4v) is 1.37. The summed E-state index contributed by atoms with van der Waals surface area (Å²) in [5.41, 5.74) is 10.6. The number of hydrogen-bond donors (Lipinski definition) is 0. The first-order chi connectivity index (χ1) is 8.19. The number of aryl methyl sites for hydroxylation is 1. The lowest BCUT2D eigenvalue weighted by molar-refractivity contribution is 0.0600. The number of carbonyl (C=O) groups is 1. The summed E-state index contributed by atoms with van der Waals surface area (Å²) in [6, 6.07) is 5.29. The maximum absolute atomic E-state index is 11.3. The van der Waals surface area contributed by atoms with Crippen molar-refractivity contribution in [3.05, 3.63) is 51.4 Å². The molecule has 0 bridgehead atoms. The zero-order chi connectivity index (χ0) is 12.7. The Kier molecular flexibility index (Phi) is 4.78. The lowest BCUT2D eigenvalue weighted by Crippen LogP contribution is -2.01. The van der Waals surface area contributed by atoms with Crippen molar-refractivity contribution in [2.24, 2.45) is 5.11 Å². The predicted molar refractivity (Wildman–Crippen MR) is 65.6 cm³/mol. The molecule has 0 saturated heterocycles. The quantitative estimate of drug-likeness (QED) is 0.345. The van der Waals surface area contributed by atoms with Gasteiger partial charge in [0, 0.05) is 11.5 Å². The summed E-state index contributed by atoms with van der Waals surface area (Å²) in [7, 11) is 1.35. The van der Waals surface area contributed by atoms with E-state index in [4.69, 9.17) is 5.53 Å². The Morgan fingerprint density at radius 1 is 1.59 bits per heavy atom. The second kappa shape index (κ2) is 6.35. The Balaban J connectivity index is 2.86. The fraction of sp³-hybridized carbons (Fsp3) is 0.250. The number of hydrogen-bond acceptors (Lipinski definition) is 3. The van der Waals surface area contributed by atoms with E-state index in [1.807, 2.05) is 19.1 Å². The molecular formula is C12H13N3O2. The third-order valence-corrected chi connectivity index (χ3v) is 2.24. The van der Waals surface area contributed by atoms with Crippen LogP contribution >= 0.6 is 0 Å². The van der Waals surface area contributed by atoms with Crippen LogP contribution in [0.3, 0.4) is 0 Å². The third-order valence-electron chi connectivity index (χ3n) is 2.24. The molecule has 0 heterocycles. The van der Waals surface area contributed by atoms with Crippen LogP contribution in [0, 0.1) is 6.92 Å². The lowest BCUT2D eigenvalue weighted by Gasteiger charge is -2.03. The molecule has 1 aromatic carbocycles. The van der Waals surface area contributed by atoms with Crippen LogP contribution in [0.5, 0.6) is 0 Å². The Bertz CT molecular complexity index is 489. The van der Waals surface area contributed by atoms with Gasteiger partial charge in [-0.15, -0.1) is 0 Å². The normalized spacial score (nSPS) is 10.0. The molecule has 1 aromatic rings. The highest BCUT2D eigenvalue weighted by Gasteiger charge is 2.05. The number of ether oxygens (including phenoxy) is 1. The summed E-state index contributed by atoms with van der Waals surface area (Å²) in [6.45, 7) is 2.22. The van der Waals surface area contributed by atoms with Crippen molar-refractivity contribution in [1.82, 2.24) is 0 Å². The molecule has 0 N–H and O–H groups in total. The van der Waals surface area contributed by atoms with Crippen molar-refractivity contribution >= 4 is 12.0 Å². The molecule has 0 amide bonds. The minimum Gasteiger partial charge on any atom is -0.465 e. The minimum absolute atomic E-state index is 0.314. The summed E-state index contributed by atoms with van der Waals surface area (Å²) >= 11 is 0. The highest BCUT2D eigenvalue weighted by atomic mass is 16.5. The van der Waals surface area contributed by atoms with Crippen molar-refractivity contribution in [2.75, 3.05) is 13.7 Å². The molecular weight excluding hydrogens is 218 g/mol. The number of esters is 1. The largest absolute Gasteiger partial charge is 0.465 e. The van der Waals surface area contributed by atoms with E-state index < -0.39 is 0 Å². The molecule has 5 heteroatoms. The predicted octanol–water partition coefficient (Wildman–Crippen LogP) is 3.11. The van der Waals surface area contributed by atoms with Gasteiger partial charge in [-0.3, -0.25) is 0 Å². The Hall–Kier alpha value is -2.26. The van der Waals surface area contributed by atoms with Crippen LogP contribution in [-0.2, 0) is 4.74 Å². The molecule has 0 aliphatic carbocycles. The van der Waals surface area contributed by atoms with Crippen molar-refractivity contribution in [3.8, 4) is 0 Å². The highest BCUT2D eigenvalue weighted by Crippen LogP contribution is 2.13. The van der Waals surface area contributed by atoms with Crippen molar-refractivity contribution in [3.63, 3.8) is 0 Å². The van der Waals surface area contributed by atoms with Gasteiger partial charge in [0.15, 0.2) is 0 Å². The number of methoxy groups -OCH3 is 1. The summed E-state index contributed by atoms with van der Waals surface area (Å²) in [4.78, 5) is 13.9. The van der Waals surface area contributed by atoms with Gasteiger partial charge in [-0.1, -0.05) is 23.3 Å². The SMILES string of the molecule is COC(=O)c1ccc(C=CCN=[N+]=[N-])c(C)c1. The first kappa shape index (κ1) is 12.8. The van der Waals surface area contributed by atoms with Crippen LogP contribution in [0.15, 0.2) is 29.4 Å². The smallest absolute Gasteiger partial charge is 0.337 e. The van der Waals surface area contributed by atoms with Crippen LogP contribution in [0.4, 0.5) is 0 Å². The van der Waals surface area contributed by atoms with Crippen molar-refractivity contribution in [1.29, 1.82) is 0 Å². The van der Waals surface area contributed by atoms with Gasteiger partial charge in [0.05, 0.1) is 12.7 Å². The summed E-state index contributed by atoms with van der Waals surface area (Å²) in [5, 5.41) is 3.40. The molecule has 1 rings (SSSR count). The van der Waals surface area contributed by atoms with Gasteiger partial charge < -0.3 is 4.74 Å². The molecule has 0 spiro atoms. The molecule has 0 fully saturated rings. The van der Waals surface area contributed by atoms with E-state index in [2.05, 4.69) is 14.8 Å². The Labute approximate surface area is 99.3 Å². The van der Waals surface area contributed by atoms with Crippen LogP contribution in [-0.4, -0.2) is 19.6 Å². The lowest BCUT2D eigenvalue weighted by atomic mass is 10.0. The number of carbonyl (C=O) groups excluding carboxylic acids is 1. The summed E-state index contributed by atoms with van der Waals surface area (Å²) in [5.74, 6) is -0.349. The van der Waals surface area contributed by atoms with Gasteiger partial charge in [0.2, 0.25) is 0 Å². The molecule has 17 heavy (non-hydrogen) atoms. The monoisotopic (exact) mass is 231 g/mol. The Morgan fingerprint density at radius 3 is 2.94 bits per heavy atom. The molecule has 0 radical (unpaired) electrons. The average Bonchev–Trinajstić information content (AvgIpc) is 2.35. The van der Waals surface area contributed by atoms with E-state index in [0.29, 0.717) is 12.1 Å². The van der Waals surface area contributed by atoms with E-state index in [1.54, 1.807) is 18.2 Å². The Morgan fingerprint density at radius 2 is 2.35 bits per heavy atom. The zero-order valence-corrected chi connectivity index (χ0v) is 9.75. The zero-order valence-electron chi connectivity index (χ0n) is 9.75. The van der Waals surface area contributed by atoms with E-state index in [-0.39, 0.29) is 5.97 Å². The van der Waals surface area contributed by atoms with E-state index >= 15 is 0 Å². The molecule has 0 saturated carbocycles. The van der Waals surface area contributed by atoms with Crippen LogP contribution in [0.1, 0.15) is 21.5 Å². The van der Waals surface area contributed by atoms with E-state index in [9.17, 15) is 4.79 Å². The second-order valence-electron chi connectivity index (χ2n) is 3.38.